The van der Waals surface area contributed by atoms with E-state index in [2.05, 4.69) is 5.32 Å². The van der Waals surface area contributed by atoms with Crippen LogP contribution in [0.5, 0.6) is 0 Å². The lowest BCUT2D eigenvalue weighted by Crippen LogP contribution is -2.28. The monoisotopic (exact) mass is 279 g/mol. The van der Waals surface area contributed by atoms with Gasteiger partial charge in [-0.15, -0.1) is 0 Å². The Balaban J connectivity index is 2.21. The van der Waals surface area contributed by atoms with E-state index in [1.54, 1.807) is 0 Å². The van der Waals surface area contributed by atoms with Gasteiger partial charge < -0.3 is 10.1 Å². The molecular formula is C12H13ClF3NO. The third kappa shape index (κ3) is 3.29. The summed E-state index contributed by atoms with van der Waals surface area (Å²) < 4.78 is 43.7. The topological polar surface area (TPSA) is 21.3 Å². The van der Waals surface area contributed by atoms with Crippen LogP contribution in [-0.2, 0) is 10.9 Å². The number of nitrogens with one attached hydrogen (secondary N) is 1. The molecule has 0 amide bonds. The zero-order chi connectivity index (χ0) is 13.2. The quantitative estimate of drug-likeness (QED) is 0.885. The summed E-state index contributed by atoms with van der Waals surface area (Å²) in [6.07, 6.45) is -2.99. The highest BCUT2D eigenvalue weighted by Crippen LogP contribution is 2.37. The number of alkyl halides is 3. The first-order valence-corrected chi connectivity index (χ1v) is 6.05. The molecule has 0 radical (unpaired) electrons. The smallest absolute Gasteiger partial charge is 0.382 e. The van der Waals surface area contributed by atoms with Gasteiger partial charge in [-0.05, 0) is 31.0 Å². The minimum absolute atomic E-state index is 0.0148. The molecule has 0 saturated carbocycles. The Hall–Kier alpha value is -0.940. The van der Waals surface area contributed by atoms with E-state index >= 15 is 0 Å². The molecule has 6 heteroatoms. The van der Waals surface area contributed by atoms with Crippen LogP contribution < -0.4 is 5.32 Å². The lowest BCUT2D eigenvalue weighted by atomic mass is 10.1. The molecule has 0 bridgehead atoms. The first kappa shape index (κ1) is 13.5. The van der Waals surface area contributed by atoms with Gasteiger partial charge in [-0.25, -0.2) is 0 Å². The number of benzene rings is 1. The van der Waals surface area contributed by atoms with Crippen molar-refractivity contribution in [1.29, 1.82) is 0 Å². The minimum atomic E-state index is -4.40. The fraction of sp³-hybridized carbons (Fsp3) is 0.500. The Morgan fingerprint density at radius 3 is 2.50 bits per heavy atom. The van der Waals surface area contributed by atoms with Crippen molar-refractivity contribution < 1.29 is 17.9 Å². The third-order valence-electron chi connectivity index (χ3n) is 2.87. The predicted octanol–water partition coefficient (Wildman–Crippen LogP) is 3.95. The van der Waals surface area contributed by atoms with Crippen molar-refractivity contribution in [2.24, 2.45) is 0 Å². The largest absolute Gasteiger partial charge is 0.418 e. The summed E-state index contributed by atoms with van der Waals surface area (Å²) in [4.78, 5) is 0. The van der Waals surface area contributed by atoms with Crippen molar-refractivity contribution in [3.05, 3.63) is 28.8 Å². The second kappa shape index (κ2) is 5.36. The lowest BCUT2D eigenvalue weighted by molar-refractivity contribution is -0.137. The third-order valence-corrected chi connectivity index (χ3v) is 3.10. The maximum atomic E-state index is 12.9. The highest BCUT2D eigenvalue weighted by atomic mass is 35.5. The first-order valence-electron chi connectivity index (χ1n) is 5.68. The van der Waals surface area contributed by atoms with Gasteiger partial charge in [-0.3, -0.25) is 0 Å². The highest BCUT2D eigenvalue weighted by Gasteiger charge is 2.34. The summed E-state index contributed by atoms with van der Waals surface area (Å²) in [5, 5.41) is 3.01. The van der Waals surface area contributed by atoms with E-state index in [1.807, 2.05) is 0 Å². The Bertz CT molecular complexity index is 416. The van der Waals surface area contributed by atoms with E-state index in [9.17, 15) is 13.2 Å². The fourth-order valence-electron chi connectivity index (χ4n) is 1.94. The van der Waals surface area contributed by atoms with Crippen LogP contribution in [0.25, 0.3) is 0 Å². The molecule has 0 unspecified atom stereocenters. The van der Waals surface area contributed by atoms with Crippen LogP contribution in [0.4, 0.5) is 18.9 Å². The molecule has 1 aliphatic heterocycles. The van der Waals surface area contributed by atoms with Crippen LogP contribution in [0.2, 0.25) is 5.02 Å². The van der Waals surface area contributed by atoms with Crippen molar-refractivity contribution in [1.82, 2.24) is 0 Å². The zero-order valence-corrected chi connectivity index (χ0v) is 10.3. The van der Waals surface area contributed by atoms with Crippen molar-refractivity contribution in [3.63, 3.8) is 0 Å². The molecule has 2 nitrogen and oxygen atoms in total. The van der Waals surface area contributed by atoms with Crippen LogP contribution in [0, 0.1) is 0 Å². The summed E-state index contributed by atoms with van der Waals surface area (Å²) in [5.41, 5.74) is -0.639. The molecular weight excluding hydrogens is 267 g/mol. The molecule has 1 fully saturated rings. The standard InChI is InChI=1S/C12H13ClF3NO/c13-8-1-2-11(10(7-8)12(14,15)16)17-9-3-5-18-6-4-9/h1-2,7,9,17H,3-6H2. The average molecular weight is 280 g/mol. The predicted molar refractivity (Wildman–Crippen MR) is 63.9 cm³/mol. The lowest BCUT2D eigenvalue weighted by Gasteiger charge is -2.25. The van der Waals surface area contributed by atoms with Gasteiger partial charge >= 0.3 is 6.18 Å². The molecule has 1 aromatic rings. The molecule has 1 heterocycles. The maximum Gasteiger partial charge on any atom is 0.418 e. The van der Waals surface area contributed by atoms with E-state index in [1.165, 1.54) is 12.1 Å². The van der Waals surface area contributed by atoms with Crippen molar-refractivity contribution in [2.75, 3.05) is 18.5 Å². The Morgan fingerprint density at radius 2 is 1.89 bits per heavy atom. The Kier molecular flexibility index (Phi) is 4.02. The van der Waals surface area contributed by atoms with Crippen LogP contribution in [0.15, 0.2) is 18.2 Å². The summed E-state index contributed by atoms with van der Waals surface area (Å²) in [6.45, 7) is 1.15. The molecule has 18 heavy (non-hydrogen) atoms. The van der Waals surface area contributed by atoms with E-state index in [0.29, 0.717) is 26.1 Å². The van der Waals surface area contributed by atoms with Crippen LogP contribution in [0.1, 0.15) is 18.4 Å². The normalized spacial score (nSPS) is 17.8. The number of ether oxygens (including phenoxy) is 1. The highest BCUT2D eigenvalue weighted by molar-refractivity contribution is 6.30. The molecule has 1 saturated heterocycles. The van der Waals surface area contributed by atoms with E-state index < -0.39 is 11.7 Å². The zero-order valence-electron chi connectivity index (χ0n) is 9.56. The molecule has 1 aliphatic rings. The number of rotatable bonds is 2. The van der Waals surface area contributed by atoms with Gasteiger partial charge in [-0.2, -0.15) is 13.2 Å². The average Bonchev–Trinajstić information content (AvgIpc) is 2.31. The van der Waals surface area contributed by atoms with Crippen LogP contribution in [-0.4, -0.2) is 19.3 Å². The SMILES string of the molecule is FC(F)(F)c1cc(Cl)ccc1NC1CCOCC1. The molecule has 0 atom stereocenters. The second-order valence-electron chi connectivity index (χ2n) is 4.22. The van der Waals surface area contributed by atoms with Crippen LogP contribution in [0.3, 0.4) is 0 Å². The number of hydrogen-bond acceptors (Lipinski definition) is 2. The molecule has 2 rings (SSSR count). The first-order chi connectivity index (χ1) is 8.47. The molecule has 0 spiro atoms. The Morgan fingerprint density at radius 1 is 1.22 bits per heavy atom. The van der Waals surface area contributed by atoms with Gasteiger partial charge in [0, 0.05) is 30.0 Å². The summed E-state index contributed by atoms with van der Waals surface area (Å²) in [5.74, 6) is 0. The van der Waals surface area contributed by atoms with Crippen molar-refractivity contribution >= 4 is 17.3 Å². The van der Waals surface area contributed by atoms with Gasteiger partial charge in [0.2, 0.25) is 0 Å². The summed E-state index contributed by atoms with van der Waals surface area (Å²) in [7, 11) is 0. The fourth-order valence-corrected chi connectivity index (χ4v) is 2.11. The molecule has 0 aliphatic carbocycles. The molecule has 100 valence electrons. The number of halogens is 4. The minimum Gasteiger partial charge on any atom is -0.382 e. The van der Waals surface area contributed by atoms with Gasteiger partial charge in [0.05, 0.1) is 5.56 Å². The van der Waals surface area contributed by atoms with Crippen molar-refractivity contribution in [2.45, 2.75) is 25.1 Å². The van der Waals surface area contributed by atoms with E-state index in [0.717, 1.165) is 6.07 Å². The van der Waals surface area contributed by atoms with Crippen molar-refractivity contribution in [3.8, 4) is 0 Å². The van der Waals surface area contributed by atoms with Gasteiger partial charge in [0.25, 0.3) is 0 Å². The van der Waals surface area contributed by atoms with E-state index in [4.69, 9.17) is 16.3 Å². The second-order valence-corrected chi connectivity index (χ2v) is 4.66. The summed E-state index contributed by atoms with van der Waals surface area (Å²) in [6, 6.07) is 3.79. The molecule has 0 aromatic heterocycles. The van der Waals surface area contributed by atoms with E-state index in [-0.39, 0.29) is 16.8 Å². The van der Waals surface area contributed by atoms with Gasteiger partial charge in [0.15, 0.2) is 0 Å². The van der Waals surface area contributed by atoms with Gasteiger partial charge in [-0.1, -0.05) is 11.6 Å². The number of anilines is 1. The molecule has 1 N–H and O–H groups in total. The van der Waals surface area contributed by atoms with Crippen LogP contribution >= 0.6 is 11.6 Å². The molecule has 1 aromatic carbocycles. The Labute approximate surface area is 108 Å². The summed E-state index contributed by atoms with van der Waals surface area (Å²) >= 11 is 5.62. The van der Waals surface area contributed by atoms with Gasteiger partial charge in [0.1, 0.15) is 0 Å². The maximum absolute atomic E-state index is 12.9. The number of hydrogen-bond donors (Lipinski definition) is 1.